The maximum atomic E-state index is 12.9. The fraction of sp³-hybridized carbons (Fsp3) is 0.263. The summed E-state index contributed by atoms with van der Waals surface area (Å²) in [5.41, 5.74) is 3.53. The van der Waals surface area contributed by atoms with Crippen molar-refractivity contribution in [3.8, 4) is 5.75 Å². The fourth-order valence-electron chi connectivity index (χ4n) is 3.15. The van der Waals surface area contributed by atoms with Crippen LogP contribution in [0.15, 0.2) is 31.4 Å². The zero-order valence-electron chi connectivity index (χ0n) is 13.0. The number of carbonyl (C=O) groups excluding carboxylic acids is 1. The number of carbonyl (C=O) groups is 1. The van der Waals surface area contributed by atoms with Crippen molar-refractivity contribution >= 4 is 28.8 Å². The number of benzene rings is 1. The molecule has 4 rings (SSSR count). The minimum absolute atomic E-state index is 0.0654. The number of rotatable bonds is 4. The summed E-state index contributed by atoms with van der Waals surface area (Å²) in [6.07, 6.45) is 4.22. The predicted octanol–water partition coefficient (Wildman–Crippen LogP) is 4.67. The second-order valence-electron chi connectivity index (χ2n) is 6.01. The Balaban J connectivity index is 1.77. The van der Waals surface area contributed by atoms with Crippen LogP contribution in [0.5, 0.6) is 5.75 Å². The highest BCUT2D eigenvalue weighted by Crippen LogP contribution is 2.48. The first-order valence-corrected chi connectivity index (χ1v) is 8.50. The maximum absolute atomic E-state index is 12.9. The topological polar surface area (TPSA) is 39.2 Å². The molecule has 0 saturated heterocycles. The summed E-state index contributed by atoms with van der Waals surface area (Å²) in [6, 6.07) is 5.58. The lowest BCUT2D eigenvalue weighted by molar-refractivity contribution is 0.0986. The molecular weight excluding hydrogens is 306 g/mol. The number of methoxy groups -OCH3 is 1. The first-order valence-electron chi connectivity index (χ1n) is 7.68. The highest BCUT2D eigenvalue weighted by molar-refractivity contribution is 7.13. The highest BCUT2D eigenvalue weighted by atomic mass is 32.1. The Kier molecular flexibility index (Phi) is 3.23. The number of allylic oxidation sites excluding steroid dienone is 1. The first-order chi connectivity index (χ1) is 11.1. The molecule has 1 saturated carbocycles. The maximum Gasteiger partial charge on any atom is 0.177 e. The summed E-state index contributed by atoms with van der Waals surface area (Å²) < 4.78 is 5.24. The van der Waals surface area contributed by atoms with Crippen LogP contribution >= 0.6 is 11.3 Å². The van der Waals surface area contributed by atoms with Crippen molar-refractivity contribution in [2.75, 3.05) is 7.11 Å². The van der Waals surface area contributed by atoms with E-state index in [1.807, 2.05) is 18.2 Å². The summed E-state index contributed by atoms with van der Waals surface area (Å²) in [4.78, 5) is 18.8. The fourth-order valence-corrected chi connectivity index (χ4v) is 4.28. The van der Waals surface area contributed by atoms with Crippen LogP contribution in [-0.4, -0.2) is 17.9 Å². The van der Waals surface area contributed by atoms with Crippen LogP contribution in [0, 0.1) is 0 Å². The Hall–Kier alpha value is -2.20. The highest BCUT2D eigenvalue weighted by Gasteiger charge is 2.39. The van der Waals surface area contributed by atoms with E-state index in [0.717, 1.165) is 26.7 Å². The quantitative estimate of drug-likeness (QED) is 0.821. The molecule has 0 bridgehead atoms. The van der Waals surface area contributed by atoms with Gasteiger partial charge in [0.2, 0.25) is 0 Å². The Bertz CT molecular complexity index is 845. The smallest absolute Gasteiger partial charge is 0.177 e. The molecule has 1 unspecified atom stereocenters. The van der Waals surface area contributed by atoms with E-state index in [2.05, 4.69) is 13.2 Å². The standard InChI is InChI=1S/C19H17NO2S/c1-4-15-17(11-5-6-11)20-19(23-15)16-10(2)13-8-7-12(22-3)9-14(13)18(16)21/h4,7-9,11,16H,1-2,5-6H2,3H3. The van der Waals surface area contributed by atoms with E-state index >= 15 is 0 Å². The second-order valence-corrected chi connectivity index (χ2v) is 7.08. The number of ether oxygens (including phenoxy) is 1. The molecular formula is C19H17NO2S. The number of nitrogens with zero attached hydrogens (tertiary/aromatic N) is 1. The molecule has 1 fully saturated rings. The molecule has 1 aromatic heterocycles. The molecule has 23 heavy (non-hydrogen) atoms. The van der Waals surface area contributed by atoms with E-state index in [1.54, 1.807) is 24.5 Å². The van der Waals surface area contributed by atoms with E-state index in [-0.39, 0.29) is 11.7 Å². The van der Waals surface area contributed by atoms with Gasteiger partial charge >= 0.3 is 0 Å². The summed E-state index contributed by atoms with van der Waals surface area (Å²) in [6.45, 7) is 8.05. The summed E-state index contributed by atoms with van der Waals surface area (Å²) >= 11 is 1.57. The van der Waals surface area contributed by atoms with E-state index in [9.17, 15) is 4.79 Å². The van der Waals surface area contributed by atoms with Gasteiger partial charge in [-0.05, 0) is 36.1 Å². The van der Waals surface area contributed by atoms with E-state index in [4.69, 9.17) is 9.72 Å². The van der Waals surface area contributed by atoms with Gasteiger partial charge in [0.1, 0.15) is 10.8 Å². The molecule has 116 valence electrons. The molecule has 4 heteroatoms. The number of ketones is 1. The molecule has 1 aromatic carbocycles. The van der Waals surface area contributed by atoms with Gasteiger partial charge in [0.25, 0.3) is 0 Å². The molecule has 1 atom stereocenters. The Morgan fingerprint density at radius 2 is 2.13 bits per heavy atom. The zero-order valence-corrected chi connectivity index (χ0v) is 13.8. The molecule has 0 amide bonds. The zero-order chi connectivity index (χ0) is 16.1. The van der Waals surface area contributed by atoms with Crippen molar-refractivity contribution in [1.82, 2.24) is 4.98 Å². The monoisotopic (exact) mass is 323 g/mol. The van der Waals surface area contributed by atoms with Crippen LogP contribution in [0.25, 0.3) is 11.6 Å². The lowest BCUT2D eigenvalue weighted by Gasteiger charge is -2.05. The number of hydrogen-bond donors (Lipinski definition) is 0. The molecule has 1 heterocycles. The third-order valence-corrected chi connectivity index (χ3v) is 5.67. The molecule has 0 aliphatic heterocycles. The number of aromatic nitrogens is 1. The van der Waals surface area contributed by atoms with Gasteiger partial charge in [0.15, 0.2) is 5.78 Å². The average Bonchev–Trinajstić information content (AvgIpc) is 3.28. The van der Waals surface area contributed by atoms with Crippen molar-refractivity contribution in [1.29, 1.82) is 0 Å². The average molecular weight is 323 g/mol. The Morgan fingerprint density at radius 1 is 1.35 bits per heavy atom. The number of hydrogen-bond acceptors (Lipinski definition) is 4. The van der Waals surface area contributed by atoms with Gasteiger partial charge in [-0.15, -0.1) is 11.3 Å². The molecule has 0 radical (unpaired) electrons. The van der Waals surface area contributed by atoms with E-state index < -0.39 is 0 Å². The largest absolute Gasteiger partial charge is 0.497 e. The predicted molar refractivity (Wildman–Crippen MR) is 93.3 cm³/mol. The van der Waals surface area contributed by atoms with Gasteiger partial charge in [-0.3, -0.25) is 4.79 Å². The molecule has 0 spiro atoms. The first kappa shape index (κ1) is 14.4. The van der Waals surface area contributed by atoms with Crippen molar-refractivity contribution in [3.05, 3.63) is 58.1 Å². The minimum Gasteiger partial charge on any atom is -0.497 e. The van der Waals surface area contributed by atoms with Crippen molar-refractivity contribution in [2.24, 2.45) is 0 Å². The molecule has 0 N–H and O–H groups in total. The van der Waals surface area contributed by atoms with Gasteiger partial charge < -0.3 is 4.74 Å². The minimum atomic E-state index is -0.367. The number of Topliss-reactive ketones (excluding diaryl/α,β-unsaturated/α-hetero) is 1. The van der Waals surface area contributed by atoms with Crippen molar-refractivity contribution in [3.63, 3.8) is 0 Å². The lowest BCUT2D eigenvalue weighted by Crippen LogP contribution is -2.06. The lowest BCUT2D eigenvalue weighted by atomic mass is 10.0. The third-order valence-electron chi connectivity index (χ3n) is 4.54. The van der Waals surface area contributed by atoms with Gasteiger partial charge in [-0.25, -0.2) is 4.98 Å². The molecule has 2 aliphatic carbocycles. The summed E-state index contributed by atoms with van der Waals surface area (Å²) in [5, 5.41) is 0.840. The third kappa shape index (κ3) is 2.17. The molecule has 2 aliphatic rings. The van der Waals surface area contributed by atoms with Crippen LogP contribution in [0.2, 0.25) is 0 Å². The second kappa shape index (κ2) is 5.17. The van der Waals surface area contributed by atoms with Crippen molar-refractivity contribution in [2.45, 2.75) is 24.7 Å². The number of fused-ring (bicyclic) bond motifs is 1. The van der Waals surface area contributed by atoms with Crippen LogP contribution in [-0.2, 0) is 0 Å². The summed E-state index contributed by atoms with van der Waals surface area (Å²) in [5.74, 6) is 0.930. The van der Waals surface area contributed by atoms with Crippen molar-refractivity contribution < 1.29 is 9.53 Å². The van der Waals surface area contributed by atoms with Crippen LogP contribution in [0.4, 0.5) is 0 Å². The Morgan fingerprint density at radius 3 is 2.78 bits per heavy atom. The Labute approximate surface area is 139 Å². The normalized spacial score (nSPS) is 19.8. The van der Waals surface area contributed by atoms with Crippen LogP contribution in [0.1, 0.15) is 56.2 Å². The van der Waals surface area contributed by atoms with Gasteiger partial charge in [0.05, 0.1) is 23.6 Å². The van der Waals surface area contributed by atoms with E-state index in [0.29, 0.717) is 17.2 Å². The molecule has 3 nitrogen and oxygen atoms in total. The van der Waals surface area contributed by atoms with Gasteiger partial charge in [0, 0.05) is 11.5 Å². The number of thiazole rings is 1. The van der Waals surface area contributed by atoms with Gasteiger partial charge in [-0.2, -0.15) is 0 Å². The summed E-state index contributed by atoms with van der Waals surface area (Å²) in [7, 11) is 1.60. The molecule has 2 aromatic rings. The SMILES string of the molecule is C=Cc1sc(C2C(=C)c3ccc(OC)cc3C2=O)nc1C1CC1. The van der Waals surface area contributed by atoms with Crippen LogP contribution in [0.3, 0.4) is 0 Å². The van der Waals surface area contributed by atoms with Crippen LogP contribution < -0.4 is 4.74 Å². The van der Waals surface area contributed by atoms with Gasteiger partial charge in [-0.1, -0.05) is 25.3 Å². The van der Waals surface area contributed by atoms with E-state index in [1.165, 1.54) is 12.8 Å².